The van der Waals surface area contributed by atoms with Crippen LogP contribution in [-0.4, -0.2) is 55.7 Å². The van der Waals surface area contributed by atoms with Crippen molar-refractivity contribution in [2.75, 3.05) is 17.7 Å². The first-order valence-corrected chi connectivity index (χ1v) is 12.2. The number of nitrogens with one attached hydrogen (secondary N) is 2. The molecule has 39 heavy (non-hydrogen) atoms. The predicted molar refractivity (Wildman–Crippen MR) is 142 cm³/mol. The van der Waals surface area contributed by atoms with Gasteiger partial charge < -0.3 is 15.0 Å². The third-order valence-electron chi connectivity index (χ3n) is 6.09. The molecule has 0 saturated heterocycles. The number of rotatable bonds is 7. The number of amides is 3. The van der Waals surface area contributed by atoms with Crippen LogP contribution in [0.1, 0.15) is 32.0 Å². The zero-order chi connectivity index (χ0) is 27.4. The largest absolute Gasteiger partial charge is 0.494 e. The number of hydrogen-bond donors (Lipinski definition) is 2. The quantitative estimate of drug-likeness (QED) is 0.361. The Morgan fingerprint density at radius 3 is 2.51 bits per heavy atom. The van der Waals surface area contributed by atoms with Crippen LogP contribution < -0.4 is 15.4 Å². The zero-order valence-electron chi connectivity index (χ0n) is 20.7. The molecular weight excluding hydrogens is 522 g/mol. The van der Waals surface area contributed by atoms with Gasteiger partial charge in [0.25, 0.3) is 11.8 Å². The molecule has 1 atom stereocenters. The number of carbonyl (C=O) groups excluding carboxylic acids is 3. The van der Waals surface area contributed by atoms with Gasteiger partial charge in [-0.25, -0.2) is 9.97 Å². The molecular formula is C27H22ClN7O4. The van der Waals surface area contributed by atoms with Crippen molar-refractivity contribution in [1.29, 1.82) is 0 Å². The minimum atomic E-state index is -0.865. The minimum absolute atomic E-state index is 0.114. The lowest BCUT2D eigenvalue weighted by atomic mass is 10.1. The average molecular weight is 544 g/mol. The van der Waals surface area contributed by atoms with Gasteiger partial charge in [-0.05, 0) is 35.9 Å². The van der Waals surface area contributed by atoms with E-state index < -0.39 is 11.9 Å². The lowest BCUT2D eigenvalue weighted by Crippen LogP contribution is -2.46. The second kappa shape index (κ2) is 11.2. The summed E-state index contributed by atoms with van der Waals surface area (Å²) in [7, 11) is 1.50. The van der Waals surface area contributed by atoms with Crippen LogP contribution in [0.15, 0.2) is 73.4 Å². The van der Waals surface area contributed by atoms with E-state index in [0.29, 0.717) is 33.3 Å². The molecule has 1 unspecified atom stereocenters. The number of anilines is 2. The highest BCUT2D eigenvalue weighted by molar-refractivity contribution is 6.31. The summed E-state index contributed by atoms with van der Waals surface area (Å²) in [4.78, 5) is 57.6. The average Bonchev–Trinajstić information content (AvgIpc) is 3.04. The van der Waals surface area contributed by atoms with E-state index in [0.717, 1.165) is 5.56 Å². The van der Waals surface area contributed by atoms with Crippen LogP contribution in [0.5, 0.6) is 5.75 Å². The number of fused-ring (bicyclic) bond motifs is 1. The van der Waals surface area contributed by atoms with Gasteiger partial charge in [0.1, 0.15) is 6.04 Å². The minimum Gasteiger partial charge on any atom is -0.494 e. The molecule has 2 aromatic carbocycles. The van der Waals surface area contributed by atoms with Crippen molar-refractivity contribution in [2.24, 2.45) is 0 Å². The summed E-state index contributed by atoms with van der Waals surface area (Å²) in [6.07, 6.45) is 7.69. The number of methoxy groups -OCH3 is 1. The van der Waals surface area contributed by atoms with Crippen molar-refractivity contribution in [2.45, 2.75) is 19.0 Å². The van der Waals surface area contributed by atoms with Gasteiger partial charge in [-0.15, -0.1) is 0 Å². The highest BCUT2D eigenvalue weighted by atomic mass is 35.5. The van der Waals surface area contributed by atoms with E-state index >= 15 is 0 Å². The molecule has 0 aliphatic carbocycles. The monoisotopic (exact) mass is 543 g/mol. The van der Waals surface area contributed by atoms with Crippen LogP contribution in [0.3, 0.4) is 0 Å². The van der Waals surface area contributed by atoms with Gasteiger partial charge in [0.15, 0.2) is 5.75 Å². The molecule has 2 N–H and O–H groups in total. The predicted octanol–water partition coefficient (Wildman–Crippen LogP) is 3.39. The SMILES string of the molecule is COc1cnc(NC(=O)c2ccc(CN3C(=O)c4ccc(Cl)cc4NC(=O)C3Cc3cnccn3)cc2)nc1. The van der Waals surface area contributed by atoms with Crippen molar-refractivity contribution in [3.05, 3.63) is 101 Å². The molecule has 11 nitrogen and oxygen atoms in total. The lowest BCUT2D eigenvalue weighted by molar-refractivity contribution is -0.120. The van der Waals surface area contributed by atoms with Crippen molar-refractivity contribution in [3.8, 4) is 5.75 Å². The maximum atomic E-state index is 13.7. The van der Waals surface area contributed by atoms with Gasteiger partial charge >= 0.3 is 0 Å². The molecule has 3 heterocycles. The summed E-state index contributed by atoms with van der Waals surface area (Å²) < 4.78 is 5.02. The second-order valence-electron chi connectivity index (χ2n) is 8.63. The van der Waals surface area contributed by atoms with Gasteiger partial charge in [-0.1, -0.05) is 23.7 Å². The Morgan fingerprint density at radius 1 is 1.05 bits per heavy atom. The first-order valence-electron chi connectivity index (χ1n) is 11.8. The van der Waals surface area contributed by atoms with Crippen LogP contribution in [0.4, 0.5) is 11.6 Å². The molecule has 5 rings (SSSR count). The number of benzene rings is 2. The molecule has 0 fully saturated rings. The Bertz CT molecular complexity index is 1520. The zero-order valence-corrected chi connectivity index (χ0v) is 21.4. The molecule has 0 saturated carbocycles. The summed E-state index contributed by atoms with van der Waals surface area (Å²) >= 11 is 6.12. The smallest absolute Gasteiger partial charge is 0.258 e. The Morgan fingerprint density at radius 2 is 1.82 bits per heavy atom. The molecule has 3 amide bonds. The summed E-state index contributed by atoms with van der Waals surface area (Å²) in [5.41, 5.74) is 2.32. The summed E-state index contributed by atoms with van der Waals surface area (Å²) in [6, 6.07) is 10.6. The number of ether oxygens (including phenoxy) is 1. The van der Waals surface area contributed by atoms with E-state index in [9.17, 15) is 14.4 Å². The van der Waals surface area contributed by atoms with E-state index in [1.807, 2.05) is 0 Å². The number of carbonyl (C=O) groups is 3. The normalized spacial score (nSPS) is 14.7. The molecule has 4 aromatic rings. The maximum Gasteiger partial charge on any atom is 0.258 e. The summed E-state index contributed by atoms with van der Waals surface area (Å²) in [5.74, 6) is -0.504. The third-order valence-corrected chi connectivity index (χ3v) is 6.32. The van der Waals surface area contributed by atoms with E-state index in [4.69, 9.17) is 16.3 Å². The molecule has 196 valence electrons. The molecule has 1 aliphatic heterocycles. The second-order valence-corrected chi connectivity index (χ2v) is 9.06. The summed E-state index contributed by atoms with van der Waals surface area (Å²) in [5, 5.41) is 5.85. The number of halogens is 1. The number of aromatic nitrogens is 4. The van der Waals surface area contributed by atoms with Crippen LogP contribution in [-0.2, 0) is 17.8 Å². The van der Waals surface area contributed by atoms with Crippen LogP contribution in [0.2, 0.25) is 5.02 Å². The Hall–Kier alpha value is -4.90. The number of nitrogens with zero attached hydrogens (tertiary/aromatic N) is 5. The highest BCUT2D eigenvalue weighted by Gasteiger charge is 2.36. The van der Waals surface area contributed by atoms with Crippen molar-refractivity contribution < 1.29 is 19.1 Å². The van der Waals surface area contributed by atoms with Crippen LogP contribution in [0.25, 0.3) is 0 Å². The van der Waals surface area contributed by atoms with Crippen LogP contribution in [0, 0.1) is 0 Å². The Balaban J connectivity index is 1.39. The fourth-order valence-electron chi connectivity index (χ4n) is 4.10. The fourth-order valence-corrected chi connectivity index (χ4v) is 4.27. The Labute approximate surface area is 228 Å². The molecule has 2 aromatic heterocycles. The Kier molecular flexibility index (Phi) is 7.41. The summed E-state index contributed by atoms with van der Waals surface area (Å²) in [6.45, 7) is 0.114. The highest BCUT2D eigenvalue weighted by Crippen LogP contribution is 2.28. The van der Waals surface area contributed by atoms with E-state index in [-0.39, 0.29) is 30.7 Å². The molecule has 0 radical (unpaired) electrons. The van der Waals surface area contributed by atoms with Crippen molar-refractivity contribution >= 4 is 41.0 Å². The van der Waals surface area contributed by atoms with Gasteiger partial charge in [-0.2, -0.15) is 0 Å². The first kappa shape index (κ1) is 25.7. The van der Waals surface area contributed by atoms with Gasteiger partial charge in [0.05, 0.1) is 36.4 Å². The number of hydrogen-bond acceptors (Lipinski definition) is 8. The maximum absolute atomic E-state index is 13.7. The fraction of sp³-hybridized carbons (Fsp3) is 0.148. The van der Waals surface area contributed by atoms with E-state index in [1.54, 1.807) is 48.7 Å². The van der Waals surface area contributed by atoms with Crippen LogP contribution >= 0.6 is 11.6 Å². The topological polar surface area (TPSA) is 139 Å². The molecule has 0 spiro atoms. The molecule has 1 aliphatic rings. The molecule has 12 heteroatoms. The first-order chi connectivity index (χ1) is 18.9. The van der Waals surface area contributed by atoms with Crippen molar-refractivity contribution in [1.82, 2.24) is 24.8 Å². The van der Waals surface area contributed by atoms with Gasteiger partial charge in [-0.3, -0.25) is 29.7 Å². The van der Waals surface area contributed by atoms with Gasteiger partial charge in [0, 0.05) is 42.1 Å². The van der Waals surface area contributed by atoms with Gasteiger partial charge in [0.2, 0.25) is 11.9 Å². The standard InChI is InChI=1S/C27H22ClN7O4/c1-39-20-13-31-27(32-14-20)34-24(36)17-4-2-16(3-5-17)15-35-23(11-19-12-29-8-9-30-19)25(37)33-22-10-18(28)6-7-21(22)26(35)38/h2-10,12-14,23H,11,15H2,1H3,(H,33,37)(H,31,32,34,36). The van der Waals surface area contributed by atoms with E-state index in [1.165, 1.54) is 36.8 Å². The molecule has 0 bridgehead atoms. The lowest BCUT2D eigenvalue weighted by Gasteiger charge is -2.28. The third kappa shape index (κ3) is 5.83. The van der Waals surface area contributed by atoms with Crippen molar-refractivity contribution in [3.63, 3.8) is 0 Å². The van der Waals surface area contributed by atoms with E-state index in [2.05, 4.69) is 30.6 Å².